The van der Waals surface area contributed by atoms with Crippen molar-refractivity contribution in [2.24, 2.45) is 0 Å². The molecule has 0 aliphatic carbocycles. The summed E-state index contributed by atoms with van der Waals surface area (Å²) in [4.78, 5) is 24.4. The number of hydrogen-bond acceptors (Lipinski definition) is 5. The van der Waals surface area contributed by atoms with Crippen LogP contribution in [-0.2, 0) is 4.79 Å². The molecule has 29 heavy (non-hydrogen) atoms. The summed E-state index contributed by atoms with van der Waals surface area (Å²) in [6, 6.07) is 15.8. The summed E-state index contributed by atoms with van der Waals surface area (Å²) < 4.78 is 6.71. The molecule has 1 amide bonds. The van der Waals surface area contributed by atoms with Crippen molar-refractivity contribution in [3.05, 3.63) is 83.7 Å². The number of nitrogens with zero attached hydrogens (tertiary/aromatic N) is 2. The fourth-order valence-corrected chi connectivity index (χ4v) is 3.15. The number of carboxylic acid groups (broad SMARTS) is 1. The molecule has 1 atom stereocenters. The third-order valence-electron chi connectivity index (χ3n) is 4.60. The Labute approximate surface area is 166 Å². The summed E-state index contributed by atoms with van der Waals surface area (Å²) in [6.07, 6.45) is 3.00. The number of amides is 1. The summed E-state index contributed by atoms with van der Waals surface area (Å²) in [5.74, 6) is -0.512. The fourth-order valence-electron chi connectivity index (χ4n) is 3.15. The Balaban J connectivity index is 1.67. The Morgan fingerprint density at radius 3 is 2.52 bits per heavy atom. The zero-order chi connectivity index (χ0) is 20.4. The molecule has 0 radical (unpaired) electrons. The Morgan fingerprint density at radius 2 is 1.86 bits per heavy atom. The number of carbonyl (C=O) groups excluding carboxylic acids is 1. The summed E-state index contributed by atoms with van der Waals surface area (Å²) in [5, 5.41) is 19.4. The van der Waals surface area contributed by atoms with E-state index in [9.17, 15) is 14.7 Å². The van der Waals surface area contributed by atoms with Crippen molar-refractivity contribution in [1.29, 1.82) is 0 Å². The zero-order valence-electron chi connectivity index (χ0n) is 15.5. The van der Waals surface area contributed by atoms with E-state index >= 15 is 0 Å². The minimum Gasteiger partial charge on any atom is -0.497 e. The van der Waals surface area contributed by atoms with E-state index in [0.29, 0.717) is 17.3 Å². The lowest BCUT2D eigenvalue weighted by atomic mass is 10.0. The first kappa shape index (κ1) is 18.3. The number of aromatic nitrogens is 2. The highest BCUT2D eigenvalue weighted by molar-refractivity contribution is 6.08. The van der Waals surface area contributed by atoms with Crippen LogP contribution in [0.25, 0.3) is 0 Å². The molecule has 1 unspecified atom stereocenters. The number of carbonyl (C=O) groups is 2. The summed E-state index contributed by atoms with van der Waals surface area (Å²) in [5.41, 5.74) is 1.68. The van der Waals surface area contributed by atoms with Gasteiger partial charge in [0.05, 0.1) is 19.3 Å². The first-order chi connectivity index (χ1) is 14.1. The van der Waals surface area contributed by atoms with Crippen LogP contribution in [0.5, 0.6) is 5.75 Å². The predicted molar refractivity (Wildman–Crippen MR) is 107 cm³/mol. The number of rotatable bonds is 5. The van der Waals surface area contributed by atoms with Crippen molar-refractivity contribution in [2.45, 2.75) is 6.04 Å². The van der Waals surface area contributed by atoms with Crippen molar-refractivity contribution >= 4 is 23.4 Å². The van der Waals surface area contributed by atoms with E-state index < -0.39 is 17.9 Å². The van der Waals surface area contributed by atoms with E-state index in [1.165, 1.54) is 6.20 Å². The molecule has 0 fully saturated rings. The van der Waals surface area contributed by atoms with Gasteiger partial charge in [0.1, 0.15) is 22.8 Å². The molecule has 4 rings (SSSR count). The van der Waals surface area contributed by atoms with Crippen LogP contribution in [-0.4, -0.2) is 33.9 Å². The Bertz CT molecular complexity index is 1090. The predicted octanol–water partition coefficient (Wildman–Crippen LogP) is 3.13. The van der Waals surface area contributed by atoms with Crippen LogP contribution in [0.3, 0.4) is 0 Å². The van der Waals surface area contributed by atoms with Gasteiger partial charge in [-0.15, -0.1) is 0 Å². The van der Waals surface area contributed by atoms with E-state index in [1.807, 2.05) is 30.3 Å². The fraction of sp³-hybridized carbons (Fsp3) is 0.0952. The van der Waals surface area contributed by atoms with Gasteiger partial charge in [-0.3, -0.25) is 4.79 Å². The van der Waals surface area contributed by atoms with Crippen molar-refractivity contribution in [2.75, 3.05) is 17.7 Å². The Hall–Kier alpha value is -4.07. The van der Waals surface area contributed by atoms with Crippen molar-refractivity contribution < 1.29 is 19.4 Å². The number of aliphatic carboxylic acids is 1. The molecular formula is C21H18N4O4. The van der Waals surface area contributed by atoms with Gasteiger partial charge in [0.15, 0.2) is 0 Å². The van der Waals surface area contributed by atoms with E-state index in [-0.39, 0.29) is 11.3 Å². The number of nitrogens with one attached hydrogen (secondary N) is 2. The molecule has 8 heteroatoms. The maximum Gasteiger partial charge on any atom is 0.352 e. The molecule has 1 aromatic heterocycles. The molecule has 0 spiro atoms. The molecule has 1 aliphatic rings. The average Bonchev–Trinajstić information content (AvgIpc) is 3.18. The second-order valence-electron chi connectivity index (χ2n) is 6.40. The van der Waals surface area contributed by atoms with E-state index in [0.717, 1.165) is 5.56 Å². The van der Waals surface area contributed by atoms with E-state index in [2.05, 4.69) is 15.7 Å². The minimum absolute atomic E-state index is 0.00893. The van der Waals surface area contributed by atoms with Gasteiger partial charge in [-0.25, -0.2) is 9.48 Å². The molecule has 146 valence electrons. The van der Waals surface area contributed by atoms with Crippen LogP contribution in [0.15, 0.2) is 72.6 Å². The highest BCUT2D eigenvalue weighted by atomic mass is 16.5. The van der Waals surface area contributed by atoms with Gasteiger partial charge in [0.25, 0.3) is 5.91 Å². The van der Waals surface area contributed by atoms with Crippen LogP contribution >= 0.6 is 0 Å². The van der Waals surface area contributed by atoms with Gasteiger partial charge < -0.3 is 20.5 Å². The topological polar surface area (TPSA) is 105 Å². The summed E-state index contributed by atoms with van der Waals surface area (Å²) >= 11 is 0. The standard InChI is InChI=1S/C21H18N4O4/c1-29-15-9-7-14(8-10-15)23-20(26)16-12-22-25-18(13-5-3-2-4-6-13)11-17(21(27)28)24-19(16)25/h2-12,18,24H,1H3,(H,23,26)(H,27,28). The molecule has 8 nitrogen and oxygen atoms in total. The molecule has 1 aliphatic heterocycles. The second kappa shape index (κ2) is 7.51. The van der Waals surface area contributed by atoms with E-state index in [1.54, 1.807) is 42.1 Å². The van der Waals surface area contributed by atoms with Crippen LogP contribution in [0.4, 0.5) is 11.5 Å². The minimum atomic E-state index is -1.11. The molecule has 2 heterocycles. The van der Waals surface area contributed by atoms with Gasteiger partial charge in [-0.2, -0.15) is 5.10 Å². The second-order valence-corrected chi connectivity index (χ2v) is 6.40. The molecule has 0 saturated carbocycles. The first-order valence-electron chi connectivity index (χ1n) is 8.87. The van der Waals surface area contributed by atoms with Gasteiger partial charge in [-0.1, -0.05) is 30.3 Å². The summed E-state index contributed by atoms with van der Waals surface area (Å²) in [6.45, 7) is 0. The lowest BCUT2D eigenvalue weighted by molar-refractivity contribution is -0.132. The maximum absolute atomic E-state index is 12.8. The largest absolute Gasteiger partial charge is 0.497 e. The van der Waals surface area contributed by atoms with Crippen molar-refractivity contribution in [1.82, 2.24) is 9.78 Å². The third kappa shape index (κ3) is 3.55. The molecular weight excluding hydrogens is 372 g/mol. The molecule has 0 saturated heterocycles. The van der Waals surface area contributed by atoms with Crippen LogP contribution < -0.4 is 15.4 Å². The zero-order valence-corrected chi connectivity index (χ0v) is 15.5. The molecule has 0 bridgehead atoms. The molecule has 3 aromatic rings. The van der Waals surface area contributed by atoms with Crippen LogP contribution in [0, 0.1) is 0 Å². The van der Waals surface area contributed by atoms with E-state index in [4.69, 9.17) is 4.74 Å². The lowest BCUT2D eigenvalue weighted by Gasteiger charge is -2.24. The summed E-state index contributed by atoms with van der Waals surface area (Å²) in [7, 11) is 1.56. The highest BCUT2D eigenvalue weighted by Crippen LogP contribution is 2.32. The number of allylic oxidation sites excluding steroid dienone is 1. The van der Waals surface area contributed by atoms with Gasteiger partial charge in [-0.05, 0) is 35.9 Å². The Kier molecular flexibility index (Phi) is 4.74. The van der Waals surface area contributed by atoms with Gasteiger partial charge in [0.2, 0.25) is 0 Å². The van der Waals surface area contributed by atoms with Crippen LogP contribution in [0.1, 0.15) is 22.0 Å². The molecule has 3 N–H and O–H groups in total. The number of benzene rings is 2. The average molecular weight is 390 g/mol. The van der Waals surface area contributed by atoms with Gasteiger partial charge in [0, 0.05) is 5.69 Å². The Morgan fingerprint density at radius 1 is 1.14 bits per heavy atom. The number of fused-ring (bicyclic) bond motifs is 1. The number of methoxy groups -OCH3 is 1. The monoisotopic (exact) mass is 390 g/mol. The number of ether oxygens (including phenoxy) is 1. The molecule has 2 aromatic carbocycles. The van der Waals surface area contributed by atoms with Gasteiger partial charge >= 0.3 is 5.97 Å². The number of hydrogen-bond donors (Lipinski definition) is 3. The quantitative estimate of drug-likeness (QED) is 0.618. The smallest absolute Gasteiger partial charge is 0.352 e. The highest BCUT2D eigenvalue weighted by Gasteiger charge is 2.29. The number of carboxylic acids is 1. The SMILES string of the molecule is COc1ccc(NC(=O)c2cnn3c2NC(C(=O)O)=CC3c2ccccc2)cc1. The lowest BCUT2D eigenvalue weighted by Crippen LogP contribution is -2.25. The number of anilines is 2. The van der Waals surface area contributed by atoms with Crippen molar-refractivity contribution in [3.63, 3.8) is 0 Å². The first-order valence-corrected chi connectivity index (χ1v) is 8.87. The third-order valence-corrected chi connectivity index (χ3v) is 4.60. The van der Waals surface area contributed by atoms with Crippen molar-refractivity contribution in [3.8, 4) is 5.75 Å². The maximum atomic E-state index is 12.8. The van der Waals surface area contributed by atoms with Crippen LogP contribution in [0.2, 0.25) is 0 Å². The normalized spacial score (nSPS) is 14.9.